The van der Waals surface area contributed by atoms with Crippen LogP contribution in [0.15, 0.2) is 18.2 Å². The van der Waals surface area contributed by atoms with Crippen LogP contribution < -0.4 is 5.73 Å². The number of imidazole rings is 1. The molecule has 1 aliphatic carbocycles. The molecule has 0 atom stereocenters. The Kier molecular flexibility index (Phi) is 3.50. The zero-order chi connectivity index (χ0) is 14.2. The molecule has 1 heterocycles. The number of nitrogens with two attached hydrogens (primary N) is 1. The van der Waals surface area contributed by atoms with Gasteiger partial charge in [-0.2, -0.15) is 0 Å². The number of rotatable bonds is 3. The molecule has 0 saturated heterocycles. The molecule has 0 aliphatic heterocycles. The lowest BCUT2D eigenvalue weighted by Gasteiger charge is -2.36. The van der Waals surface area contributed by atoms with E-state index in [1.807, 2.05) is 7.05 Å². The van der Waals surface area contributed by atoms with Gasteiger partial charge in [-0.25, -0.2) is 9.37 Å². The van der Waals surface area contributed by atoms with E-state index in [0.29, 0.717) is 6.54 Å². The molecule has 1 aromatic carbocycles. The van der Waals surface area contributed by atoms with Gasteiger partial charge in [0, 0.05) is 19.5 Å². The number of nitrogens with zero attached hydrogens (tertiary/aromatic N) is 2. The molecule has 0 spiro atoms. The number of aromatic nitrogens is 2. The van der Waals surface area contributed by atoms with Crippen LogP contribution in [0.4, 0.5) is 4.39 Å². The van der Waals surface area contributed by atoms with E-state index in [1.54, 1.807) is 6.07 Å². The highest BCUT2D eigenvalue weighted by Gasteiger charge is 2.32. The van der Waals surface area contributed by atoms with Gasteiger partial charge in [-0.15, -0.1) is 0 Å². The van der Waals surface area contributed by atoms with Crippen molar-refractivity contribution < 1.29 is 4.39 Å². The van der Waals surface area contributed by atoms with Crippen LogP contribution in [0.1, 0.15) is 37.9 Å². The molecular weight excluding hydrogens is 253 g/mol. The van der Waals surface area contributed by atoms with Crippen molar-refractivity contribution in [2.24, 2.45) is 18.2 Å². The molecular formula is C16H22FN3. The first-order chi connectivity index (χ1) is 9.63. The van der Waals surface area contributed by atoms with E-state index in [2.05, 4.69) is 9.55 Å². The second-order valence-electron chi connectivity index (χ2n) is 6.16. The fourth-order valence-corrected chi connectivity index (χ4v) is 3.47. The molecule has 2 N–H and O–H groups in total. The van der Waals surface area contributed by atoms with Gasteiger partial charge in [0.1, 0.15) is 11.6 Å². The lowest BCUT2D eigenvalue weighted by molar-refractivity contribution is 0.192. The van der Waals surface area contributed by atoms with Crippen molar-refractivity contribution in [3.8, 4) is 0 Å². The molecule has 1 aromatic heterocycles. The maximum atomic E-state index is 13.3. The molecule has 1 fully saturated rings. The molecule has 3 nitrogen and oxygen atoms in total. The predicted octanol–water partition coefficient (Wildman–Crippen LogP) is 3.16. The number of benzene rings is 1. The van der Waals surface area contributed by atoms with Gasteiger partial charge >= 0.3 is 0 Å². The highest BCUT2D eigenvalue weighted by Crippen LogP contribution is 2.38. The van der Waals surface area contributed by atoms with E-state index in [-0.39, 0.29) is 11.2 Å². The van der Waals surface area contributed by atoms with Gasteiger partial charge in [0.15, 0.2) is 0 Å². The Hall–Kier alpha value is -1.42. The minimum Gasteiger partial charge on any atom is -0.331 e. The zero-order valence-electron chi connectivity index (χ0n) is 12.0. The van der Waals surface area contributed by atoms with E-state index >= 15 is 0 Å². The van der Waals surface area contributed by atoms with Crippen molar-refractivity contribution in [1.29, 1.82) is 0 Å². The van der Waals surface area contributed by atoms with Crippen LogP contribution in [0.25, 0.3) is 11.0 Å². The van der Waals surface area contributed by atoms with Crippen LogP contribution in [0.3, 0.4) is 0 Å². The van der Waals surface area contributed by atoms with E-state index in [4.69, 9.17) is 5.73 Å². The molecule has 0 radical (unpaired) electrons. The summed E-state index contributed by atoms with van der Waals surface area (Å²) in [6, 6.07) is 4.80. The summed E-state index contributed by atoms with van der Waals surface area (Å²) in [5.74, 6) is 0.798. The molecule has 20 heavy (non-hydrogen) atoms. The maximum Gasteiger partial charge on any atom is 0.125 e. The lowest BCUT2D eigenvalue weighted by atomic mass is 9.71. The largest absolute Gasteiger partial charge is 0.331 e. The minimum atomic E-state index is -0.228. The molecule has 3 rings (SSSR count). The minimum absolute atomic E-state index is 0.186. The monoisotopic (exact) mass is 275 g/mol. The van der Waals surface area contributed by atoms with E-state index in [1.165, 1.54) is 44.2 Å². The topological polar surface area (TPSA) is 43.8 Å². The third-order valence-electron chi connectivity index (χ3n) is 4.82. The highest BCUT2D eigenvalue weighted by atomic mass is 19.1. The summed E-state index contributed by atoms with van der Waals surface area (Å²) < 4.78 is 15.4. The smallest absolute Gasteiger partial charge is 0.125 e. The summed E-state index contributed by atoms with van der Waals surface area (Å²) in [4.78, 5) is 4.63. The van der Waals surface area contributed by atoms with Crippen molar-refractivity contribution in [3.05, 3.63) is 29.8 Å². The van der Waals surface area contributed by atoms with E-state index < -0.39 is 0 Å². The van der Waals surface area contributed by atoms with Gasteiger partial charge in [0.2, 0.25) is 0 Å². The predicted molar refractivity (Wildman–Crippen MR) is 78.9 cm³/mol. The molecule has 0 amide bonds. The first-order valence-corrected chi connectivity index (χ1v) is 7.44. The Morgan fingerprint density at radius 2 is 2.05 bits per heavy atom. The second kappa shape index (κ2) is 5.17. The van der Waals surface area contributed by atoms with Gasteiger partial charge in [0.25, 0.3) is 0 Å². The standard InChI is InChI=1S/C16H22FN3/c1-20-14-6-5-12(17)9-13(14)19-15(20)10-16(11-18)7-3-2-4-8-16/h5-6,9H,2-4,7-8,10-11,18H2,1H3. The number of aryl methyl sites for hydroxylation is 1. The average Bonchev–Trinajstić information content (AvgIpc) is 2.75. The van der Waals surface area contributed by atoms with Crippen LogP contribution in [-0.4, -0.2) is 16.1 Å². The molecule has 4 heteroatoms. The number of fused-ring (bicyclic) bond motifs is 1. The Morgan fingerprint density at radius 3 is 2.75 bits per heavy atom. The Morgan fingerprint density at radius 1 is 1.30 bits per heavy atom. The summed E-state index contributed by atoms with van der Waals surface area (Å²) in [7, 11) is 2.01. The van der Waals surface area contributed by atoms with Crippen molar-refractivity contribution in [1.82, 2.24) is 9.55 Å². The summed E-state index contributed by atoms with van der Waals surface area (Å²) in [6.45, 7) is 0.713. The maximum absolute atomic E-state index is 13.3. The third-order valence-corrected chi connectivity index (χ3v) is 4.82. The van der Waals surface area contributed by atoms with Crippen LogP contribution in [0.2, 0.25) is 0 Å². The van der Waals surface area contributed by atoms with Crippen LogP contribution >= 0.6 is 0 Å². The van der Waals surface area contributed by atoms with Gasteiger partial charge in [0.05, 0.1) is 11.0 Å². The number of halogens is 1. The normalized spacial score (nSPS) is 18.6. The van der Waals surface area contributed by atoms with Crippen molar-refractivity contribution in [2.75, 3.05) is 6.54 Å². The SMILES string of the molecule is Cn1c(CC2(CN)CCCCC2)nc2cc(F)ccc21. The quantitative estimate of drug-likeness (QED) is 0.935. The first-order valence-electron chi connectivity index (χ1n) is 7.44. The average molecular weight is 275 g/mol. The van der Waals surface area contributed by atoms with Crippen LogP contribution in [0, 0.1) is 11.2 Å². The van der Waals surface area contributed by atoms with Gasteiger partial charge in [-0.05, 0) is 36.9 Å². The molecule has 0 unspecified atom stereocenters. The second-order valence-corrected chi connectivity index (χ2v) is 6.16. The molecule has 1 saturated carbocycles. The van der Waals surface area contributed by atoms with Crippen LogP contribution in [-0.2, 0) is 13.5 Å². The molecule has 108 valence electrons. The third kappa shape index (κ3) is 2.33. The van der Waals surface area contributed by atoms with E-state index in [0.717, 1.165) is 23.3 Å². The first kappa shape index (κ1) is 13.6. The van der Waals surface area contributed by atoms with Crippen molar-refractivity contribution in [2.45, 2.75) is 38.5 Å². The van der Waals surface area contributed by atoms with Gasteiger partial charge in [-0.1, -0.05) is 19.3 Å². The Bertz CT molecular complexity index is 611. The fraction of sp³-hybridized carbons (Fsp3) is 0.562. The van der Waals surface area contributed by atoms with Crippen LogP contribution in [0.5, 0.6) is 0 Å². The molecule has 0 bridgehead atoms. The highest BCUT2D eigenvalue weighted by molar-refractivity contribution is 5.75. The summed E-state index contributed by atoms with van der Waals surface area (Å²) >= 11 is 0. The van der Waals surface area contributed by atoms with Gasteiger partial charge in [-0.3, -0.25) is 0 Å². The van der Waals surface area contributed by atoms with Crippen molar-refractivity contribution >= 4 is 11.0 Å². The Balaban J connectivity index is 1.95. The number of hydrogen-bond acceptors (Lipinski definition) is 2. The Labute approximate surface area is 119 Å². The summed E-state index contributed by atoms with van der Waals surface area (Å²) in [5.41, 5.74) is 7.98. The lowest BCUT2D eigenvalue weighted by Crippen LogP contribution is -2.35. The molecule has 2 aromatic rings. The van der Waals surface area contributed by atoms with Crippen molar-refractivity contribution in [3.63, 3.8) is 0 Å². The van der Waals surface area contributed by atoms with Gasteiger partial charge < -0.3 is 10.3 Å². The zero-order valence-corrected chi connectivity index (χ0v) is 12.0. The summed E-state index contributed by atoms with van der Waals surface area (Å²) in [5, 5.41) is 0. The molecule has 1 aliphatic rings. The fourth-order valence-electron chi connectivity index (χ4n) is 3.47. The van der Waals surface area contributed by atoms with E-state index in [9.17, 15) is 4.39 Å². The summed E-state index contributed by atoms with van der Waals surface area (Å²) in [6.07, 6.45) is 7.10. The number of hydrogen-bond donors (Lipinski definition) is 1.